The molecular weight excluding hydrogens is 239 g/mol. The molecule has 0 saturated carbocycles. The molecule has 0 saturated heterocycles. The van der Waals surface area contributed by atoms with Crippen LogP contribution in [0, 0.1) is 5.82 Å². The molecule has 0 aliphatic rings. The van der Waals surface area contributed by atoms with Crippen LogP contribution >= 0.6 is 11.6 Å². The Hall–Kier alpha value is -1.17. The van der Waals surface area contributed by atoms with Gasteiger partial charge in [-0.05, 0) is 6.07 Å². The van der Waals surface area contributed by atoms with Gasteiger partial charge in [-0.2, -0.15) is 0 Å². The van der Waals surface area contributed by atoms with Gasteiger partial charge < -0.3 is 14.9 Å². The molecule has 88 valence electrons. The van der Waals surface area contributed by atoms with Gasteiger partial charge in [0, 0.05) is 5.56 Å². The molecule has 0 aliphatic heterocycles. The first-order valence-electron chi connectivity index (χ1n) is 4.47. The van der Waals surface area contributed by atoms with E-state index in [1.807, 2.05) is 0 Å². The van der Waals surface area contributed by atoms with Crippen molar-refractivity contribution in [3.8, 4) is 0 Å². The largest absolute Gasteiger partial charge is 0.479 e. The fourth-order valence-electron chi connectivity index (χ4n) is 1.19. The Bertz CT molecular complexity index is 383. The van der Waals surface area contributed by atoms with Gasteiger partial charge in [-0.25, -0.2) is 9.18 Å². The van der Waals surface area contributed by atoms with Crippen molar-refractivity contribution in [1.82, 2.24) is 0 Å². The minimum Gasteiger partial charge on any atom is -0.479 e. The van der Waals surface area contributed by atoms with Crippen LogP contribution in [0.2, 0.25) is 5.02 Å². The average Bonchev–Trinajstić information content (AvgIpc) is 2.24. The molecule has 0 aromatic heterocycles. The van der Waals surface area contributed by atoms with Gasteiger partial charge in [-0.15, -0.1) is 0 Å². The monoisotopic (exact) mass is 248 g/mol. The number of ether oxygens (including phenoxy) is 1. The number of aliphatic hydroxyl groups excluding tert-OH is 1. The summed E-state index contributed by atoms with van der Waals surface area (Å²) in [5.41, 5.74) is -0.159. The summed E-state index contributed by atoms with van der Waals surface area (Å²) < 4.78 is 18.3. The Morgan fingerprint density at radius 1 is 1.56 bits per heavy atom. The molecule has 0 radical (unpaired) electrons. The Morgan fingerprint density at radius 3 is 2.81 bits per heavy atom. The lowest BCUT2D eigenvalue weighted by molar-refractivity contribution is -0.151. The first kappa shape index (κ1) is 12.9. The van der Waals surface area contributed by atoms with Crippen LogP contribution < -0.4 is 0 Å². The fourth-order valence-corrected chi connectivity index (χ4v) is 1.37. The molecule has 0 spiro atoms. The molecule has 4 nitrogen and oxygen atoms in total. The molecular formula is C10H10ClFO4. The number of hydrogen-bond donors (Lipinski definition) is 2. The van der Waals surface area contributed by atoms with Crippen LogP contribution in [0.15, 0.2) is 18.2 Å². The van der Waals surface area contributed by atoms with Crippen molar-refractivity contribution < 1.29 is 24.1 Å². The van der Waals surface area contributed by atoms with Crippen molar-refractivity contribution in [3.05, 3.63) is 34.6 Å². The van der Waals surface area contributed by atoms with E-state index >= 15 is 0 Å². The molecule has 2 N–H and O–H groups in total. The average molecular weight is 249 g/mol. The normalized spacial score (nSPS) is 12.4. The second kappa shape index (κ2) is 5.79. The molecule has 0 aliphatic carbocycles. The van der Waals surface area contributed by atoms with E-state index in [1.54, 1.807) is 0 Å². The summed E-state index contributed by atoms with van der Waals surface area (Å²) in [6, 6.07) is 4.02. The zero-order valence-corrected chi connectivity index (χ0v) is 8.95. The topological polar surface area (TPSA) is 66.8 Å². The van der Waals surface area contributed by atoms with Crippen molar-refractivity contribution >= 4 is 17.6 Å². The number of carboxylic acid groups (broad SMARTS) is 1. The number of aliphatic hydroxyl groups is 1. The van der Waals surface area contributed by atoms with E-state index in [2.05, 4.69) is 0 Å². The minimum atomic E-state index is -1.47. The highest BCUT2D eigenvalue weighted by molar-refractivity contribution is 6.30. The summed E-state index contributed by atoms with van der Waals surface area (Å²) in [6.45, 7) is -0.533. The first-order chi connectivity index (χ1) is 7.57. The molecule has 0 fully saturated rings. The maximum absolute atomic E-state index is 13.5. The van der Waals surface area contributed by atoms with Gasteiger partial charge in [0.15, 0.2) is 6.10 Å². The van der Waals surface area contributed by atoms with Crippen molar-refractivity contribution in [2.45, 2.75) is 6.10 Å². The quantitative estimate of drug-likeness (QED) is 0.831. The van der Waals surface area contributed by atoms with Gasteiger partial charge in [-0.3, -0.25) is 0 Å². The highest BCUT2D eigenvalue weighted by Gasteiger charge is 2.24. The second-order valence-corrected chi connectivity index (χ2v) is 3.36. The third-order valence-electron chi connectivity index (χ3n) is 1.86. The van der Waals surface area contributed by atoms with Crippen LogP contribution in [0.5, 0.6) is 0 Å². The molecule has 16 heavy (non-hydrogen) atoms. The van der Waals surface area contributed by atoms with E-state index in [0.717, 1.165) is 0 Å². The number of carbonyl (C=O) groups is 1. The molecule has 6 heteroatoms. The number of rotatable bonds is 5. The van der Waals surface area contributed by atoms with Gasteiger partial charge in [0.1, 0.15) is 5.82 Å². The lowest BCUT2D eigenvalue weighted by Crippen LogP contribution is -2.18. The van der Waals surface area contributed by atoms with Crippen LogP contribution in [-0.4, -0.2) is 29.4 Å². The van der Waals surface area contributed by atoms with E-state index < -0.39 is 17.9 Å². The fraction of sp³-hybridized carbons (Fsp3) is 0.300. The number of benzene rings is 1. The third kappa shape index (κ3) is 2.91. The highest BCUT2D eigenvalue weighted by Crippen LogP contribution is 2.25. The molecule has 1 aromatic carbocycles. The minimum absolute atomic E-state index is 0.159. The lowest BCUT2D eigenvalue weighted by Gasteiger charge is -2.14. The first-order valence-corrected chi connectivity index (χ1v) is 4.85. The molecule has 0 heterocycles. The number of halogens is 2. The lowest BCUT2D eigenvalue weighted by atomic mass is 10.1. The maximum Gasteiger partial charge on any atom is 0.337 e. The van der Waals surface area contributed by atoms with Gasteiger partial charge in [0.2, 0.25) is 0 Å². The standard InChI is InChI=1S/C10H10ClFO4/c11-7-3-1-2-6(8(7)12)9(10(14)15)16-5-4-13/h1-3,9,13H,4-5H2,(H,14,15). The van der Waals surface area contributed by atoms with E-state index in [1.165, 1.54) is 18.2 Å². The summed E-state index contributed by atoms with van der Waals surface area (Å²) in [5, 5.41) is 17.2. The number of hydrogen-bond acceptors (Lipinski definition) is 3. The van der Waals surface area contributed by atoms with Crippen LogP contribution in [0.3, 0.4) is 0 Å². The zero-order valence-electron chi connectivity index (χ0n) is 8.19. The van der Waals surface area contributed by atoms with Crippen molar-refractivity contribution in [1.29, 1.82) is 0 Å². The predicted octanol–water partition coefficient (Wildman–Crippen LogP) is 1.61. The summed E-state index contributed by atoms with van der Waals surface area (Å²) in [7, 11) is 0. The van der Waals surface area contributed by atoms with Crippen LogP contribution in [0.25, 0.3) is 0 Å². The van der Waals surface area contributed by atoms with E-state index in [0.29, 0.717) is 0 Å². The number of aliphatic carboxylic acids is 1. The SMILES string of the molecule is O=C(O)C(OCCO)c1cccc(Cl)c1F. The Morgan fingerprint density at radius 2 is 2.25 bits per heavy atom. The summed E-state index contributed by atoms with van der Waals surface area (Å²) in [4.78, 5) is 10.9. The number of carboxylic acids is 1. The van der Waals surface area contributed by atoms with E-state index in [9.17, 15) is 9.18 Å². The van der Waals surface area contributed by atoms with Crippen molar-refractivity contribution in [3.63, 3.8) is 0 Å². The highest BCUT2D eigenvalue weighted by atomic mass is 35.5. The van der Waals surface area contributed by atoms with Gasteiger partial charge >= 0.3 is 5.97 Å². The molecule has 1 unspecified atom stereocenters. The Kier molecular flexibility index (Phi) is 4.67. The van der Waals surface area contributed by atoms with Gasteiger partial charge in [0.25, 0.3) is 0 Å². The molecule has 1 aromatic rings. The Balaban J connectivity index is 3.01. The van der Waals surface area contributed by atoms with Crippen molar-refractivity contribution in [2.24, 2.45) is 0 Å². The van der Waals surface area contributed by atoms with E-state index in [-0.39, 0.29) is 23.8 Å². The molecule has 0 amide bonds. The summed E-state index contributed by atoms with van der Waals surface area (Å²) >= 11 is 5.52. The second-order valence-electron chi connectivity index (χ2n) is 2.96. The summed E-state index contributed by atoms with van der Waals surface area (Å²) in [6.07, 6.45) is -1.47. The van der Waals surface area contributed by atoms with Crippen LogP contribution in [0.4, 0.5) is 4.39 Å². The third-order valence-corrected chi connectivity index (χ3v) is 2.16. The summed E-state index contributed by atoms with van der Waals surface area (Å²) in [5.74, 6) is -2.16. The zero-order chi connectivity index (χ0) is 12.1. The predicted molar refractivity (Wildman–Crippen MR) is 54.8 cm³/mol. The van der Waals surface area contributed by atoms with Crippen LogP contribution in [-0.2, 0) is 9.53 Å². The van der Waals surface area contributed by atoms with Crippen LogP contribution in [0.1, 0.15) is 11.7 Å². The molecule has 1 rings (SSSR count). The van der Waals surface area contributed by atoms with Gasteiger partial charge in [0.05, 0.1) is 18.2 Å². The Labute approximate surface area is 96.2 Å². The maximum atomic E-state index is 13.5. The van der Waals surface area contributed by atoms with E-state index in [4.69, 9.17) is 26.6 Å². The smallest absolute Gasteiger partial charge is 0.337 e. The molecule has 0 bridgehead atoms. The van der Waals surface area contributed by atoms with Gasteiger partial charge in [-0.1, -0.05) is 23.7 Å². The van der Waals surface area contributed by atoms with Crippen molar-refractivity contribution in [2.75, 3.05) is 13.2 Å². The molecule has 1 atom stereocenters.